The molecule has 3 rings (SSSR count). The summed E-state index contributed by atoms with van der Waals surface area (Å²) in [6, 6.07) is 8.71. The van der Waals surface area contributed by atoms with Crippen LogP contribution >= 0.6 is 11.6 Å². The number of aromatic nitrogens is 2. The van der Waals surface area contributed by atoms with Gasteiger partial charge >= 0.3 is 7.12 Å². The maximum absolute atomic E-state index is 10.0. The smallest absolute Gasteiger partial charge is 0.488 e. The van der Waals surface area contributed by atoms with Crippen molar-refractivity contribution in [3.05, 3.63) is 41.6 Å². The number of phenolic OH excluding ortho intramolecular Hbond substituents is 2. The van der Waals surface area contributed by atoms with Gasteiger partial charge in [-0.3, -0.25) is 0 Å². The molecule has 0 aliphatic rings. The summed E-state index contributed by atoms with van der Waals surface area (Å²) >= 11 is 6.22. The van der Waals surface area contributed by atoms with Crippen LogP contribution in [0.2, 0.25) is 5.15 Å². The minimum absolute atomic E-state index is 0.0620. The van der Waals surface area contributed by atoms with Crippen molar-refractivity contribution in [3.63, 3.8) is 0 Å². The number of fused-ring (bicyclic) bond motifs is 1. The van der Waals surface area contributed by atoms with E-state index in [4.69, 9.17) is 21.6 Å². The Morgan fingerprint density at radius 2 is 1.81 bits per heavy atom. The van der Waals surface area contributed by atoms with Crippen LogP contribution in [0.3, 0.4) is 0 Å². The number of nitrogens with zero attached hydrogens (tertiary/aromatic N) is 2. The Labute approximate surface area is 124 Å². The SMILES string of the molecule is OB(O)c1ccc(-n2nc3ccc(O)cc3c2Cl)c(O)c1. The fourth-order valence-electron chi connectivity index (χ4n) is 2.08. The summed E-state index contributed by atoms with van der Waals surface area (Å²) in [4.78, 5) is 0. The molecular weight excluding hydrogens is 294 g/mol. The molecule has 0 radical (unpaired) electrons. The standard InChI is InChI=1S/C13H10BClN2O4/c15-13-9-6-8(18)2-3-10(9)16-17(13)11-4-1-7(14(20)21)5-12(11)19/h1-6,18-21H. The molecule has 1 heterocycles. The summed E-state index contributed by atoms with van der Waals surface area (Å²) in [6.45, 7) is 0. The number of phenols is 2. The number of benzene rings is 2. The van der Waals surface area contributed by atoms with Gasteiger partial charge in [0.25, 0.3) is 0 Å². The van der Waals surface area contributed by atoms with Gasteiger partial charge < -0.3 is 20.3 Å². The minimum Gasteiger partial charge on any atom is -0.508 e. The molecule has 106 valence electrons. The van der Waals surface area contributed by atoms with E-state index >= 15 is 0 Å². The van der Waals surface area contributed by atoms with Gasteiger partial charge in [0.1, 0.15) is 22.3 Å². The van der Waals surface area contributed by atoms with E-state index in [1.807, 2.05) is 0 Å². The van der Waals surface area contributed by atoms with Gasteiger partial charge in [0, 0.05) is 5.39 Å². The maximum atomic E-state index is 10.0. The van der Waals surface area contributed by atoms with Crippen LogP contribution in [-0.4, -0.2) is 37.2 Å². The van der Waals surface area contributed by atoms with Gasteiger partial charge in [0.15, 0.2) is 0 Å². The van der Waals surface area contributed by atoms with E-state index in [0.717, 1.165) is 0 Å². The van der Waals surface area contributed by atoms with Gasteiger partial charge in [-0.25, -0.2) is 4.68 Å². The number of aromatic hydroxyl groups is 2. The summed E-state index contributed by atoms with van der Waals surface area (Å²) in [7, 11) is -1.67. The highest BCUT2D eigenvalue weighted by Gasteiger charge is 2.17. The Balaban J connectivity index is 2.18. The molecule has 8 heteroatoms. The molecule has 0 amide bonds. The fraction of sp³-hybridized carbons (Fsp3) is 0. The van der Waals surface area contributed by atoms with Crippen LogP contribution in [0.4, 0.5) is 0 Å². The second-order valence-electron chi connectivity index (χ2n) is 4.53. The van der Waals surface area contributed by atoms with E-state index in [0.29, 0.717) is 16.6 Å². The molecule has 0 aliphatic carbocycles. The van der Waals surface area contributed by atoms with E-state index < -0.39 is 7.12 Å². The predicted molar refractivity (Wildman–Crippen MR) is 79.2 cm³/mol. The molecule has 21 heavy (non-hydrogen) atoms. The molecule has 0 fully saturated rings. The second-order valence-corrected chi connectivity index (χ2v) is 4.88. The van der Waals surface area contributed by atoms with Crippen molar-refractivity contribution in [1.82, 2.24) is 9.78 Å². The van der Waals surface area contributed by atoms with Crippen molar-refractivity contribution in [2.24, 2.45) is 0 Å². The Morgan fingerprint density at radius 1 is 1.05 bits per heavy atom. The average Bonchev–Trinajstić information content (AvgIpc) is 2.76. The molecule has 4 N–H and O–H groups in total. The fourth-order valence-corrected chi connectivity index (χ4v) is 2.36. The largest absolute Gasteiger partial charge is 0.508 e. The summed E-state index contributed by atoms with van der Waals surface area (Å²) in [6.07, 6.45) is 0. The topological polar surface area (TPSA) is 98.7 Å². The Bertz CT molecular complexity index is 834. The molecule has 0 aliphatic heterocycles. The van der Waals surface area contributed by atoms with Gasteiger partial charge in [0.2, 0.25) is 0 Å². The summed E-state index contributed by atoms with van der Waals surface area (Å²) in [5, 5.41) is 42.7. The lowest BCUT2D eigenvalue weighted by Crippen LogP contribution is -2.29. The van der Waals surface area contributed by atoms with Crippen molar-refractivity contribution in [2.75, 3.05) is 0 Å². The van der Waals surface area contributed by atoms with Crippen LogP contribution in [0.5, 0.6) is 11.5 Å². The van der Waals surface area contributed by atoms with Crippen molar-refractivity contribution < 1.29 is 20.3 Å². The summed E-state index contributed by atoms with van der Waals surface area (Å²) < 4.78 is 1.31. The first kappa shape index (κ1) is 13.8. The van der Waals surface area contributed by atoms with Crippen LogP contribution in [0.25, 0.3) is 16.6 Å². The van der Waals surface area contributed by atoms with E-state index in [1.165, 1.54) is 35.0 Å². The zero-order valence-corrected chi connectivity index (χ0v) is 11.4. The molecule has 2 aromatic carbocycles. The molecule has 0 spiro atoms. The zero-order valence-electron chi connectivity index (χ0n) is 10.6. The highest BCUT2D eigenvalue weighted by Crippen LogP contribution is 2.31. The second kappa shape index (κ2) is 4.96. The average molecular weight is 304 g/mol. The quantitative estimate of drug-likeness (QED) is 0.524. The Hall–Kier alpha value is -2.22. The van der Waals surface area contributed by atoms with Crippen molar-refractivity contribution >= 4 is 35.1 Å². The third-order valence-corrected chi connectivity index (χ3v) is 3.49. The van der Waals surface area contributed by atoms with Crippen LogP contribution < -0.4 is 5.46 Å². The Morgan fingerprint density at radius 3 is 2.48 bits per heavy atom. The molecular formula is C13H10BClN2O4. The predicted octanol–water partition coefficient (Wildman–Crippen LogP) is 0.770. The zero-order chi connectivity index (χ0) is 15.1. The van der Waals surface area contributed by atoms with Crippen molar-refractivity contribution in [2.45, 2.75) is 0 Å². The third-order valence-electron chi connectivity index (χ3n) is 3.12. The lowest BCUT2D eigenvalue weighted by molar-refractivity contribution is 0.424. The molecule has 0 atom stereocenters. The van der Waals surface area contributed by atoms with E-state index in [1.54, 1.807) is 6.07 Å². The van der Waals surface area contributed by atoms with Crippen LogP contribution in [0.15, 0.2) is 36.4 Å². The van der Waals surface area contributed by atoms with E-state index in [-0.39, 0.29) is 22.1 Å². The van der Waals surface area contributed by atoms with Gasteiger partial charge in [-0.05, 0) is 35.8 Å². The lowest BCUT2D eigenvalue weighted by Gasteiger charge is -2.07. The van der Waals surface area contributed by atoms with E-state index in [9.17, 15) is 10.2 Å². The molecule has 3 aromatic rings. The molecule has 6 nitrogen and oxygen atoms in total. The highest BCUT2D eigenvalue weighted by atomic mass is 35.5. The van der Waals surface area contributed by atoms with Gasteiger partial charge in [-0.1, -0.05) is 17.7 Å². The number of hydrogen-bond donors (Lipinski definition) is 4. The molecule has 0 unspecified atom stereocenters. The first-order chi connectivity index (χ1) is 9.97. The van der Waals surface area contributed by atoms with Crippen LogP contribution in [-0.2, 0) is 0 Å². The Kier molecular flexibility index (Phi) is 3.25. The monoisotopic (exact) mass is 304 g/mol. The van der Waals surface area contributed by atoms with Crippen molar-refractivity contribution in [1.29, 1.82) is 0 Å². The maximum Gasteiger partial charge on any atom is 0.488 e. The number of rotatable bonds is 2. The summed E-state index contributed by atoms with van der Waals surface area (Å²) in [5.74, 6) is -0.133. The molecule has 0 saturated heterocycles. The molecule has 0 bridgehead atoms. The highest BCUT2D eigenvalue weighted by molar-refractivity contribution is 6.58. The van der Waals surface area contributed by atoms with Crippen molar-refractivity contribution in [3.8, 4) is 17.2 Å². The first-order valence-corrected chi connectivity index (χ1v) is 6.42. The lowest BCUT2D eigenvalue weighted by atomic mass is 9.80. The minimum atomic E-state index is -1.67. The third kappa shape index (κ3) is 2.31. The number of hydrogen-bond acceptors (Lipinski definition) is 5. The van der Waals surface area contributed by atoms with Gasteiger partial charge in [0.05, 0.1) is 5.52 Å². The first-order valence-electron chi connectivity index (χ1n) is 6.04. The normalized spacial score (nSPS) is 11.0. The summed E-state index contributed by atoms with van der Waals surface area (Å²) in [5.41, 5.74) is 1.00. The molecule has 0 saturated carbocycles. The van der Waals surface area contributed by atoms with Crippen LogP contribution in [0, 0.1) is 0 Å². The van der Waals surface area contributed by atoms with Gasteiger partial charge in [-0.15, -0.1) is 0 Å². The number of halogens is 1. The van der Waals surface area contributed by atoms with Gasteiger partial charge in [-0.2, -0.15) is 5.10 Å². The molecule has 1 aromatic heterocycles. The van der Waals surface area contributed by atoms with Crippen LogP contribution in [0.1, 0.15) is 0 Å². The van der Waals surface area contributed by atoms with E-state index in [2.05, 4.69) is 5.10 Å².